The minimum absolute atomic E-state index is 0.0500. The van der Waals surface area contributed by atoms with Crippen LogP contribution in [0.15, 0.2) is 115 Å². The number of ether oxygens (including phenoxy) is 1. The van der Waals surface area contributed by atoms with E-state index in [2.05, 4.69) is 18.1 Å². The lowest BCUT2D eigenvalue weighted by Crippen LogP contribution is -2.55. The normalized spacial score (nSPS) is 13.4. The Bertz CT molecular complexity index is 1620. The largest absolute Gasteiger partial charge is 0.482 e. The summed E-state index contributed by atoms with van der Waals surface area (Å²) in [6, 6.07) is 22.8. The van der Waals surface area contributed by atoms with Gasteiger partial charge in [-0.1, -0.05) is 72.8 Å². The molecule has 0 saturated carbocycles. The number of amides is 1. The van der Waals surface area contributed by atoms with Gasteiger partial charge in [0.25, 0.3) is 5.91 Å². The number of aryl methyl sites for hydroxylation is 1. The molecule has 7 nitrogen and oxygen atoms in total. The lowest BCUT2D eigenvalue weighted by Gasteiger charge is -2.44. The molecule has 2 aromatic heterocycles. The van der Waals surface area contributed by atoms with Crippen LogP contribution >= 0.6 is 0 Å². The molecule has 0 fully saturated rings. The van der Waals surface area contributed by atoms with Crippen molar-refractivity contribution in [3.05, 3.63) is 155 Å². The van der Waals surface area contributed by atoms with E-state index in [1.54, 1.807) is 34.0 Å². The number of benzene rings is 2. The maximum atomic E-state index is 14.6. The molecule has 1 aliphatic rings. The topological polar surface area (TPSA) is 67.7 Å². The van der Waals surface area contributed by atoms with E-state index in [-0.39, 0.29) is 37.2 Å². The summed E-state index contributed by atoms with van der Waals surface area (Å²) in [5.74, 6) is -1.03. The summed E-state index contributed by atoms with van der Waals surface area (Å²) in [5.41, 5.74) is 2.94. The van der Waals surface area contributed by atoms with Crippen molar-refractivity contribution in [2.45, 2.75) is 25.5 Å². The zero-order valence-electron chi connectivity index (χ0n) is 22.7. The van der Waals surface area contributed by atoms with Crippen LogP contribution in [-0.2, 0) is 13.0 Å². The molecule has 0 saturated heterocycles. The van der Waals surface area contributed by atoms with Crippen LogP contribution in [0.4, 0.5) is 4.39 Å². The molecule has 8 heteroatoms. The first-order chi connectivity index (χ1) is 20.0. The van der Waals surface area contributed by atoms with E-state index in [9.17, 15) is 14.0 Å². The molecule has 0 aliphatic carbocycles. The summed E-state index contributed by atoms with van der Waals surface area (Å²) < 4.78 is 22.2. The zero-order valence-corrected chi connectivity index (χ0v) is 22.7. The number of rotatable bonds is 11. The van der Waals surface area contributed by atoms with E-state index in [0.29, 0.717) is 5.69 Å². The second-order valence-corrected chi connectivity index (χ2v) is 9.69. The van der Waals surface area contributed by atoms with Crippen LogP contribution < -0.4 is 15.2 Å². The van der Waals surface area contributed by atoms with Gasteiger partial charge < -0.3 is 9.64 Å². The highest BCUT2D eigenvalue weighted by molar-refractivity contribution is 5.96. The van der Waals surface area contributed by atoms with Crippen molar-refractivity contribution in [1.82, 2.24) is 14.6 Å². The van der Waals surface area contributed by atoms with Crippen LogP contribution in [0.1, 0.15) is 45.3 Å². The molecule has 208 valence electrons. The highest BCUT2D eigenvalue weighted by atomic mass is 19.1. The molecule has 1 unspecified atom stereocenters. The lowest BCUT2D eigenvalue weighted by molar-refractivity contribution is 0.0697. The average molecular weight is 551 g/mol. The van der Waals surface area contributed by atoms with Crippen LogP contribution in [0.5, 0.6) is 5.75 Å². The van der Waals surface area contributed by atoms with E-state index in [1.807, 2.05) is 65.7 Å². The number of halogens is 1. The number of hydrogen-bond acceptors (Lipinski definition) is 5. The van der Waals surface area contributed by atoms with Gasteiger partial charge in [-0.3, -0.25) is 19.3 Å². The van der Waals surface area contributed by atoms with Gasteiger partial charge in [0.2, 0.25) is 11.4 Å². The van der Waals surface area contributed by atoms with Gasteiger partial charge in [-0.25, -0.2) is 4.98 Å². The summed E-state index contributed by atoms with van der Waals surface area (Å²) in [6.45, 7) is 8.17. The number of carbonyl (C=O) groups is 1. The Morgan fingerprint density at radius 3 is 2.49 bits per heavy atom. The van der Waals surface area contributed by atoms with Crippen molar-refractivity contribution in [1.29, 1.82) is 0 Å². The van der Waals surface area contributed by atoms with Crippen molar-refractivity contribution in [3.8, 4) is 5.75 Å². The van der Waals surface area contributed by atoms with Crippen molar-refractivity contribution in [2.24, 2.45) is 0 Å². The fourth-order valence-corrected chi connectivity index (χ4v) is 5.08. The molecule has 4 aromatic rings. The molecule has 3 heterocycles. The summed E-state index contributed by atoms with van der Waals surface area (Å²) in [4.78, 5) is 32.8. The third kappa shape index (κ3) is 5.82. The molecular formula is C33H31FN4O3. The molecule has 0 bridgehead atoms. The van der Waals surface area contributed by atoms with Crippen molar-refractivity contribution in [3.63, 3.8) is 0 Å². The van der Waals surface area contributed by atoms with Crippen LogP contribution in [0.2, 0.25) is 0 Å². The van der Waals surface area contributed by atoms with Gasteiger partial charge >= 0.3 is 0 Å². The average Bonchev–Trinajstić information content (AvgIpc) is 2.99. The first kappa shape index (κ1) is 27.6. The molecule has 5 rings (SSSR count). The number of fused-ring (bicyclic) bond motifs is 1. The standard InChI is InChI=1S/C33H31FN4O3/c1-3-5-14-25-15-9-10-16-26(25)30(27-17-11-18-29(34)35-27)38-23-36(20-4-2)33(40)31-32(28(39)19-21-37(31)38)41-22-24-12-7-6-8-13-24/h3-4,6-13,15-19,21,30H,1-2,5,14,20,22-23H2. The Hall–Kier alpha value is -4.98. The number of aromatic nitrogens is 2. The predicted molar refractivity (Wildman–Crippen MR) is 157 cm³/mol. The van der Waals surface area contributed by atoms with Crippen molar-refractivity contribution in [2.75, 3.05) is 18.2 Å². The molecule has 0 spiro atoms. The first-order valence-corrected chi connectivity index (χ1v) is 13.4. The lowest BCUT2D eigenvalue weighted by atomic mass is 9.94. The second kappa shape index (κ2) is 12.5. The van der Waals surface area contributed by atoms with Crippen LogP contribution in [-0.4, -0.2) is 33.7 Å². The highest BCUT2D eigenvalue weighted by Crippen LogP contribution is 2.34. The van der Waals surface area contributed by atoms with Gasteiger partial charge in [0.05, 0.1) is 5.69 Å². The molecule has 41 heavy (non-hydrogen) atoms. The Morgan fingerprint density at radius 1 is 0.951 bits per heavy atom. The molecule has 1 aliphatic heterocycles. The zero-order chi connectivity index (χ0) is 28.8. The van der Waals surface area contributed by atoms with Gasteiger partial charge in [0.1, 0.15) is 19.3 Å². The van der Waals surface area contributed by atoms with Gasteiger partial charge in [-0.2, -0.15) is 4.39 Å². The maximum absolute atomic E-state index is 14.6. The third-order valence-corrected chi connectivity index (χ3v) is 6.98. The number of allylic oxidation sites excluding steroid dienone is 1. The fourth-order valence-electron chi connectivity index (χ4n) is 5.08. The number of carbonyl (C=O) groups excluding carboxylic acids is 1. The van der Waals surface area contributed by atoms with Crippen LogP contribution in [0.3, 0.4) is 0 Å². The number of hydrogen-bond donors (Lipinski definition) is 0. The second-order valence-electron chi connectivity index (χ2n) is 9.69. The van der Waals surface area contributed by atoms with Crippen molar-refractivity contribution >= 4 is 5.91 Å². The van der Waals surface area contributed by atoms with E-state index < -0.39 is 17.4 Å². The molecule has 1 amide bonds. The smallest absolute Gasteiger partial charge is 0.278 e. The first-order valence-electron chi connectivity index (χ1n) is 13.4. The summed E-state index contributed by atoms with van der Waals surface area (Å²) in [5, 5.41) is 1.91. The van der Waals surface area contributed by atoms with Gasteiger partial charge in [-0.05, 0) is 41.7 Å². The van der Waals surface area contributed by atoms with E-state index in [4.69, 9.17) is 4.74 Å². The molecule has 2 aromatic carbocycles. The van der Waals surface area contributed by atoms with Gasteiger partial charge in [-0.15, -0.1) is 13.2 Å². The highest BCUT2D eigenvalue weighted by Gasteiger charge is 2.37. The summed E-state index contributed by atoms with van der Waals surface area (Å²) >= 11 is 0. The van der Waals surface area contributed by atoms with E-state index in [1.165, 1.54) is 12.1 Å². The molecule has 0 radical (unpaired) electrons. The predicted octanol–water partition coefficient (Wildman–Crippen LogP) is 5.41. The number of nitrogens with zero attached hydrogens (tertiary/aromatic N) is 4. The monoisotopic (exact) mass is 550 g/mol. The molecular weight excluding hydrogens is 519 g/mol. The third-order valence-electron chi connectivity index (χ3n) is 6.98. The Labute approximate surface area is 238 Å². The minimum atomic E-state index is -0.612. The Kier molecular flexibility index (Phi) is 8.39. The summed E-state index contributed by atoms with van der Waals surface area (Å²) in [7, 11) is 0. The maximum Gasteiger partial charge on any atom is 0.278 e. The van der Waals surface area contributed by atoms with Gasteiger partial charge in [0, 0.05) is 18.8 Å². The Balaban J connectivity index is 1.69. The quantitative estimate of drug-likeness (QED) is 0.185. The SMILES string of the molecule is C=CCCc1ccccc1C(c1cccc(F)n1)N1CN(CC=C)C(=O)c2c(OCc3ccccc3)c(=O)ccn21. The fraction of sp³-hybridized carbons (Fsp3) is 0.182. The van der Waals surface area contributed by atoms with Crippen molar-refractivity contribution < 1.29 is 13.9 Å². The van der Waals surface area contributed by atoms with Gasteiger partial charge in [0.15, 0.2) is 11.4 Å². The van der Waals surface area contributed by atoms with E-state index in [0.717, 1.165) is 29.5 Å². The minimum Gasteiger partial charge on any atom is -0.482 e. The van der Waals surface area contributed by atoms with Crippen LogP contribution in [0, 0.1) is 5.95 Å². The summed E-state index contributed by atoms with van der Waals surface area (Å²) in [6.07, 6.45) is 6.52. The molecule has 0 N–H and O–H groups in total. The van der Waals surface area contributed by atoms with Crippen LogP contribution in [0.25, 0.3) is 0 Å². The van der Waals surface area contributed by atoms with E-state index >= 15 is 0 Å². The Morgan fingerprint density at radius 2 is 1.73 bits per heavy atom. The molecule has 1 atom stereocenters. The number of pyridine rings is 2.